The summed E-state index contributed by atoms with van der Waals surface area (Å²) in [5.41, 5.74) is 7.89. The molecule has 0 bridgehead atoms. The van der Waals surface area contributed by atoms with E-state index >= 15 is 0 Å². The molecule has 40 heavy (non-hydrogen) atoms. The topological polar surface area (TPSA) is 57.8 Å². The van der Waals surface area contributed by atoms with Crippen LogP contribution in [-0.4, -0.2) is 24.6 Å². The molecule has 0 unspecified atom stereocenters. The predicted molar refractivity (Wildman–Crippen MR) is 158 cm³/mol. The van der Waals surface area contributed by atoms with E-state index in [4.69, 9.17) is 0 Å². The van der Waals surface area contributed by atoms with Gasteiger partial charge < -0.3 is 26.9 Å². The van der Waals surface area contributed by atoms with Crippen molar-refractivity contribution in [3.8, 4) is 6.07 Å². The number of benzene rings is 4. The Balaban J connectivity index is 0.00000370. The van der Waals surface area contributed by atoms with Gasteiger partial charge in [0, 0.05) is 29.6 Å². The Hall–Kier alpha value is -4.18. The molecule has 6 heteroatoms. The lowest BCUT2D eigenvalue weighted by atomic mass is 10.1. The van der Waals surface area contributed by atoms with Crippen LogP contribution in [-0.2, 0) is 19.6 Å². The standard InChI is InChI=1S/C34H32N4O.BrH/c1-25-9-7-14-32-31(25)20-33(37(32)23-29-13-8-12-28(19-29)21-35)34(39)36-22-26-15-17-30(18-16-26)38(2,3)24-27-10-5-4-6-11-27;/h4-20H,22-24H2,1-3H3;1H. The molecule has 0 atom stereocenters. The number of rotatable bonds is 8. The fourth-order valence-corrected chi connectivity index (χ4v) is 5.13. The molecule has 202 valence electrons. The maximum atomic E-state index is 13.5. The minimum Gasteiger partial charge on any atom is -1.00 e. The third-order valence-electron chi connectivity index (χ3n) is 7.30. The molecule has 1 amide bonds. The van der Waals surface area contributed by atoms with Gasteiger partial charge in [-0.1, -0.05) is 66.7 Å². The van der Waals surface area contributed by atoms with Gasteiger partial charge in [-0.05, 0) is 60.0 Å². The van der Waals surface area contributed by atoms with E-state index in [9.17, 15) is 10.1 Å². The molecule has 4 aromatic carbocycles. The van der Waals surface area contributed by atoms with Crippen molar-refractivity contribution in [1.82, 2.24) is 14.4 Å². The van der Waals surface area contributed by atoms with Crippen LogP contribution >= 0.6 is 0 Å². The summed E-state index contributed by atoms with van der Waals surface area (Å²) in [6.45, 7) is 3.91. The van der Waals surface area contributed by atoms with Crippen LogP contribution in [0, 0.1) is 18.3 Å². The molecule has 0 fully saturated rings. The number of halogens is 1. The molecule has 0 spiro atoms. The summed E-state index contributed by atoms with van der Waals surface area (Å²) in [7, 11) is 4.41. The largest absolute Gasteiger partial charge is 1.00 e. The van der Waals surface area contributed by atoms with Gasteiger partial charge in [0.15, 0.2) is 0 Å². The van der Waals surface area contributed by atoms with Crippen LogP contribution in [0.4, 0.5) is 5.69 Å². The Morgan fingerprint density at radius 3 is 2.27 bits per heavy atom. The van der Waals surface area contributed by atoms with Crippen molar-refractivity contribution in [2.75, 3.05) is 14.1 Å². The molecular weight excluding hydrogens is 560 g/mol. The zero-order valence-corrected chi connectivity index (χ0v) is 24.7. The number of nitrogens with one attached hydrogen (secondary N) is 1. The average Bonchev–Trinajstić information content (AvgIpc) is 3.32. The molecular formula is C34H33BrN4O. The van der Waals surface area contributed by atoms with Crippen molar-refractivity contribution in [2.45, 2.75) is 26.6 Å². The van der Waals surface area contributed by atoms with Crippen LogP contribution in [0.25, 0.3) is 10.9 Å². The molecule has 0 aliphatic heterocycles. The summed E-state index contributed by atoms with van der Waals surface area (Å²) in [4.78, 5) is 13.5. The first kappa shape index (κ1) is 28.8. The van der Waals surface area contributed by atoms with E-state index in [0.29, 0.717) is 24.3 Å². The summed E-state index contributed by atoms with van der Waals surface area (Å²) < 4.78 is 2.78. The third kappa shape index (κ3) is 6.34. The number of fused-ring (bicyclic) bond motifs is 1. The Morgan fingerprint density at radius 1 is 0.850 bits per heavy atom. The summed E-state index contributed by atoms with van der Waals surface area (Å²) in [5, 5.41) is 13.5. The number of aromatic nitrogens is 1. The number of quaternary nitrogens is 1. The average molecular weight is 594 g/mol. The second-order valence-corrected chi connectivity index (χ2v) is 10.6. The Bertz CT molecular complexity index is 1660. The Kier molecular flexibility index (Phi) is 8.89. The molecule has 0 aliphatic carbocycles. The molecule has 1 heterocycles. The molecule has 5 nitrogen and oxygen atoms in total. The van der Waals surface area contributed by atoms with Gasteiger partial charge in [0.25, 0.3) is 5.91 Å². The minimum atomic E-state index is -0.119. The summed E-state index contributed by atoms with van der Waals surface area (Å²) in [6.07, 6.45) is 0. The van der Waals surface area contributed by atoms with E-state index in [0.717, 1.165) is 38.6 Å². The summed E-state index contributed by atoms with van der Waals surface area (Å²) in [5.74, 6) is -0.119. The van der Waals surface area contributed by atoms with Gasteiger partial charge in [-0.3, -0.25) is 9.28 Å². The Morgan fingerprint density at radius 2 is 1.55 bits per heavy atom. The van der Waals surface area contributed by atoms with E-state index in [1.54, 1.807) is 6.07 Å². The highest BCUT2D eigenvalue weighted by Gasteiger charge is 2.20. The lowest BCUT2D eigenvalue weighted by Crippen LogP contribution is -3.00. The minimum absolute atomic E-state index is 0. The zero-order chi connectivity index (χ0) is 27.4. The van der Waals surface area contributed by atoms with Gasteiger partial charge in [-0.2, -0.15) is 5.26 Å². The maximum Gasteiger partial charge on any atom is 0.268 e. The smallest absolute Gasteiger partial charge is 0.268 e. The highest BCUT2D eigenvalue weighted by atomic mass is 79.9. The fraction of sp³-hybridized carbons (Fsp3) is 0.176. The van der Waals surface area contributed by atoms with E-state index < -0.39 is 0 Å². The van der Waals surface area contributed by atoms with E-state index in [1.807, 2.05) is 47.0 Å². The third-order valence-corrected chi connectivity index (χ3v) is 7.30. The van der Waals surface area contributed by atoms with Crippen LogP contribution in [0.1, 0.15) is 38.3 Å². The zero-order valence-electron chi connectivity index (χ0n) is 23.1. The first-order valence-electron chi connectivity index (χ1n) is 13.2. The van der Waals surface area contributed by atoms with Crippen LogP contribution in [0.5, 0.6) is 0 Å². The molecule has 5 aromatic rings. The monoisotopic (exact) mass is 592 g/mol. The highest BCUT2D eigenvalue weighted by molar-refractivity contribution is 5.99. The van der Waals surface area contributed by atoms with Gasteiger partial charge in [-0.15, -0.1) is 0 Å². The summed E-state index contributed by atoms with van der Waals surface area (Å²) >= 11 is 0. The second kappa shape index (κ2) is 12.3. The van der Waals surface area contributed by atoms with Crippen molar-refractivity contribution < 1.29 is 21.8 Å². The van der Waals surface area contributed by atoms with Crippen LogP contribution in [0.15, 0.2) is 103 Å². The number of hydrogen-bond donors (Lipinski definition) is 1. The summed E-state index contributed by atoms with van der Waals surface area (Å²) in [6, 6.07) is 36.8. The van der Waals surface area contributed by atoms with Gasteiger partial charge in [0.05, 0.1) is 25.7 Å². The van der Waals surface area contributed by atoms with Crippen molar-refractivity contribution >= 4 is 22.5 Å². The molecule has 0 saturated carbocycles. The van der Waals surface area contributed by atoms with Crippen LogP contribution in [0.2, 0.25) is 0 Å². The highest BCUT2D eigenvalue weighted by Crippen LogP contribution is 2.26. The quantitative estimate of drug-likeness (QED) is 0.280. The van der Waals surface area contributed by atoms with Crippen LogP contribution in [0.3, 0.4) is 0 Å². The number of hydrogen-bond acceptors (Lipinski definition) is 2. The number of nitrogens with zero attached hydrogens (tertiary/aromatic N) is 3. The molecule has 0 saturated heterocycles. The number of amides is 1. The predicted octanol–water partition coefficient (Wildman–Crippen LogP) is 3.57. The van der Waals surface area contributed by atoms with Gasteiger partial charge in [0.1, 0.15) is 17.9 Å². The van der Waals surface area contributed by atoms with Crippen molar-refractivity contribution in [2.24, 2.45) is 0 Å². The van der Waals surface area contributed by atoms with Gasteiger partial charge in [0.2, 0.25) is 0 Å². The SMILES string of the molecule is Cc1cccc2c1cc(C(=O)NCc1ccc([N+](C)(C)Cc3ccccc3)cc1)n2Cc1cccc(C#N)c1.[Br-]. The Labute approximate surface area is 246 Å². The lowest BCUT2D eigenvalue weighted by molar-refractivity contribution is -0.0000165. The van der Waals surface area contributed by atoms with E-state index in [2.05, 4.69) is 87.0 Å². The molecule has 5 rings (SSSR count). The fourth-order valence-electron chi connectivity index (χ4n) is 5.13. The molecule has 1 aromatic heterocycles. The number of aryl methyl sites for hydroxylation is 1. The number of nitriles is 1. The first-order chi connectivity index (χ1) is 18.8. The number of carbonyl (C=O) groups excluding carboxylic acids is 1. The van der Waals surface area contributed by atoms with Crippen LogP contribution < -0.4 is 26.8 Å². The van der Waals surface area contributed by atoms with Crippen molar-refractivity contribution in [3.63, 3.8) is 0 Å². The maximum absolute atomic E-state index is 13.5. The van der Waals surface area contributed by atoms with Gasteiger partial charge in [-0.25, -0.2) is 0 Å². The van der Waals surface area contributed by atoms with Crippen molar-refractivity contribution in [3.05, 3.63) is 137 Å². The molecule has 0 radical (unpaired) electrons. The second-order valence-electron chi connectivity index (χ2n) is 10.6. The lowest BCUT2D eigenvalue weighted by Gasteiger charge is -2.29. The molecule has 0 aliphatic rings. The first-order valence-corrected chi connectivity index (χ1v) is 13.2. The molecule has 1 N–H and O–H groups in total. The normalized spacial score (nSPS) is 11.1. The number of carbonyl (C=O) groups is 1. The van der Waals surface area contributed by atoms with Gasteiger partial charge >= 0.3 is 0 Å². The van der Waals surface area contributed by atoms with Crippen molar-refractivity contribution in [1.29, 1.82) is 5.26 Å². The van der Waals surface area contributed by atoms with E-state index in [-0.39, 0.29) is 22.9 Å². The van der Waals surface area contributed by atoms with E-state index in [1.165, 1.54) is 11.3 Å².